The fourth-order valence-electron chi connectivity index (χ4n) is 1.63. The van der Waals surface area contributed by atoms with E-state index in [1.54, 1.807) is 0 Å². The standard InChI is InChI=1S/C11H19N3/c1-10-4-6-14(7-5-10)11(2)8-13-9-12-3/h8-10H,3-7H2,1-2H3/b11-8+,13-9?. The van der Waals surface area contributed by atoms with Gasteiger partial charge in [-0.3, -0.25) is 4.99 Å². The van der Waals surface area contributed by atoms with Crippen molar-refractivity contribution in [3.05, 3.63) is 11.9 Å². The minimum atomic E-state index is 0.873. The predicted molar refractivity (Wildman–Crippen MR) is 61.8 cm³/mol. The van der Waals surface area contributed by atoms with Crippen LogP contribution in [0.2, 0.25) is 0 Å². The monoisotopic (exact) mass is 193 g/mol. The molecule has 1 aliphatic heterocycles. The zero-order valence-electron chi connectivity index (χ0n) is 9.11. The van der Waals surface area contributed by atoms with Gasteiger partial charge in [0.15, 0.2) is 0 Å². The highest BCUT2D eigenvalue weighted by Crippen LogP contribution is 2.19. The maximum atomic E-state index is 4.03. The molecule has 0 N–H and O–H groups in total. The minimum Gasteiger partial charge on any atom is -0.374 e. The van der Waals surface area contributed by atoms with Gasteiger partial charge in [0, 0.05) is 25.0 Å². The molecule has 1 fully saturated rings. The highest BCUT2D eigenvalue weighted by molar-refractivity contribution is 5.62. The van der Waals surface area contributed by atoms with E-state index in [1.165, 1.54) is 24.9 Å². The lowest BCUT2D eigenvalue weighted by Gasteiger charge is -2.32. The Morgan fingerprint density at radius 2 is 2.07 bits per heavy atom. The van der Waals surface area contributed by atoms with Gasteiger partial charge in [-0.15, -0.1) is 0 Å². The summed E-state index contributed by atoms with van der Waals surface area (Å²) in [6.45, 7) is 10.1. The van der Waals surface area contributed by atoms with Gasteiger partial charge in [0.1, 0.15) is 6.34 Å². The van der Waals surface area contributed by atoms with Crippen molar-refractivity contribution in [2.24, 2.45) is 15.9 Å². The van der Waals surface area contributed by atoms with Gasteiger partial charge in [-0.1, -0.05) is 6.92 Å². The van der Waals surface area contributed by atoms with Gasteiger partial charge in [-0.05, 0) is 32.4 Å². The molecule has 0 aromatic heterocycles. The molecule has 3 nitrogen and oxygen atoms in total. The highest BCUT2D eigenvalue weighted by atomic mass is 15.1. The number of hydrogen-bond acceptors (Lipinski definition) is 2. The van der Waals surface area contributed by atoms with Crippen LogP contribution >= 0.6 is 0 Å². The number of rotatable bonds is 3. The first-order chi connectivity index (χ1) is 6.74. The van der Waals surface area contributed by atoms with Crippen LogP contribution in [0.3, 0.4) is 0 Å². The van der Waals surface area contributed by atoms with Crippen LogP contribution in [-0.4, -0.2) is 31.0 Å². The molecule has 3 heteroatoms. The Morgan fingerprint density at radius 1 is 1.43 bits per heavy atom. The zero-order valence-corrected chi connectivity index (χ0v) is 9.11. The van der Waals surface area contributed by atoms with E-state index in [2.05, 4.69) is 35.4 Å². The van der Waals surface area contributed by atoms with Gasteiger partial charge in [-0.2, -0.15) is 0 Å². The summed E-state index contributed by atoms with van der Waals surface area (Å²) in [5.41, 5.74) is 1.22. The summed E-state index contributed by atoms with van der Waals surface area (Å²) in [6.07, 6.45) is 5.89. The molecule has 14 heavy (non-hydrogen) atoms. The van der Waals surface area contributed by atoms with Crippen LogP contribution in [0.1, 0.15) is 26.7 Å². The van der Waals surface area contributed by atoms with Crippen molar-refractivity contribution in [2.45, 2.75) is 26.7 Å². The molecule has 1 rings (SSSR count). The average Bonchev–Trinajstić information content (AvgIpc) is 2.19. The van der Waals surface area contributed by atoms with Crippen LogP contribution in [0.4, 0.5) is 0 Å². The van der Waals surface area contributed by atoms with Crippen molar-refractivity contribution < 1.29 is 0 Å². The Morgan fingerprint density at radius 3 is 2.64 bits per heavy atom. The quantitative estimate of drug-likeness (QED) is 0.499. The second kappa shape index (κ2) is 5.58. The fraction of sp³-hybridized carbons (Fsp3) is 0.636. The lowest BCUT2D eigenvalue weighted by atomic mass is 9.99. The summed E-state index contributed by atoms with van der Waals surface area (Å²) in [4.78, 5) is 9.96. The van der Waals surface area contributed by atoms with Crippen molar-refractivity contribution >= 4 is 13.1 Å². The SMILES string of the molecule is C=NC=N/C=C(\C)N1CCC(C)CC1. The van der Waals surface area contributed by atoms with Gasteiger partial charge in [0.2, 0.25) is 0 Å². The summed E-state index contributed by atoms with van der Waals surface area (Å²) < 4.78 is 0. The predicted octanol–water partition coefficient (Wildman–Crippen LogP) is 2.31. The number of piperidine rings is 1. The summed E-state index contributed by atoms with van der Waals surface area (Å²) in [7, 11) is 0. The van der Waals surface area contributed by atoms with E-state index in [4.69, 9.17) is 0 Å². The molecule has 0 aromatic carbocycles. The second-order valence-electron chi connectivity index (χ2n) is 3.89. The molecular weight excluding hydrogens is 174 g/mol. The number of allylic oxidation sites excluding steroid dienone is 1. The topological polar surface area (TPSA) is 28.0 Å². The third kappa shape index (κ3) is 3.32. The summed E-state index contributed by atoms with van der Waals surface area (Å²) in [5.74, 6) is 0.873. The number of hydrogen-bond donors (Lipinski definition) is 0. The summed E-state index contributed by atoms with van der Waals surface area (Å²) in [5, 5.41) is 0. The van der Waals surface area contributed by atoms with E-state index < -0.39 is 0 Å². The number of nitrogens with zero attached hydrogens (tertiary/aromatic N) is 3. The summed E-state index contributed by atoms with van der Waals surface area (Å²) >= 11 is 0. The fourth-order valence-corrected chi connectivity index (χ4v) is 1.63. The van der Waals surface area contributed by atoms with Gasteiger partial charge in [0.05, 0.1) is 0 Å². The lowest BCUT2D eigenvalue weighted by molar-refractivity contribution is 0.237. The van der Waals surface area contributed by atoms with Gasteiger partial charge >= 0.3 is 0 Å². The molecular formula is C11H19N3. The first-order valence-corrected chi connectivity index (χ1v) is 5.13. The lowest BCUT2D eigenvalue weighted by Crippen LogP contribution is -2.31. The Hall–Kier alpha value is -1.12. The molecule has 0 aliphatic carbocycles. The Bertz CT molecular complexity index is 235. The molecule has 0 atom stereocenters. The first kappa shape index (κ1) is 11.0. The molecule has 1 heterocycles. The third-order valence-electron chi connectivity index (χ3n) is 2.69. The van der Waals surface area contributed by atoms with Gasteiger partial charge in [0.25, 0.3) is 0 Å². The molecule has 1 aliphatic rings. The highest BCUT2D eigenvalue weighted by Gasteiger charge is 2.15. The molecule has 78 valence electrons. The summed E-state index contributed by atoms with van der Waals surface area (Å²) in [6, 6.07) is 0. The first-order valence-electron chi connectivity index (χ1n) is 5.13. The largest absolute Gasteiger partial charge is 0.374 e. The van der Waals surface area contributed by atoms with Crippen LogP contribution in [0.15, 0.2) is 21.9 Å². The maximum absolute atomic E-state index is 4.03. The Labute approximate surface area is 86.2 Å². The van der Waals surface area contributed by atoms with Crippen molar-refractivity contribution in [3.8, 4) is 0 Å². The third-order valence-corrected chi connectivity index (χ3v) is 2.69. The normalized spacial score (nSPS) is 20.4. The number of aliphatic imine (C=N–C) groups is 2. The van der Waals surface area contributed by atoms with E-state index in [9.17, 15) is 0 Å². The van der Waals surface area contributed by atoms with Gasteiger partial charge < -0.3 is 4.90 Å². The molecule has 0 amide bonds. The van der Waals surface area contributed by atoms with Crippen molar-refractivity contribution in [1.82, 2.24) is 4.90 Å². The van der Waals surface area contributed by atoms with E-state index in [-0.39, 0.29) is 0 Å². The molecule has 0 unspecified atom stereocenters. The van der Waals surface area contributed by atoms with Crippen LogP contribution in [-0.2, 0) is 0 Å². The molecule has 0 saturated carbocycles. The van der Waals surface area contributed by atoms with Crippen molar-refractivity contribution in [2.75, 3.05) is 13.1 Å². The molecule has 0 bridgehead atoms. The molecule has 0 spiro atoms. The van der Waals surface area contributed by atoms with Crippen molar-refractivity contribution in [1.29, 1.82) is 0 Å². The van der Waals surface area contributed by atoms with Crippen LogP contribution in [0.5, 0.6) is 0 Å². The number of likely N-dealkylation sites (tertiary alicyclic amines) is 1. The van der Waals surface area contributed by atoms with Crippen LogP contribution in [0, 0.1) is 5.92 Å². The van der Waals surface area contributed by atoms with Crippen molar-refractivity contribution in [3.63, 3.8) is 0 Å². The maximum Gasteiger partial charge on any atom is 0.114 e. The minimum absolute atomic E-state index is 0.873. The van der Waals surface area contributed by atoms with E-state index in [0.717, 1.165) is 19.0 Å². The average molecular weight is 193 g/mol. The second-order valence-corrected chi connectivity index (χ2v) is 3.89. The molecule has 1 saturated heterocycles. The Balaban J connectivity index is 2.44. The molecule has 0 aromatic rings. The van der Waals surface area contributed by atoms with Gasteiger partial charge in [-0.25, -0.2) is 4.99 Å². The smallest absolute Gasteiger partial charge is 0.114 e. The van der Waals surface area contributed by atoms with E-state index >= 15 is 0 Å². The molecule has 0 radical (unpaired) electrons. The van der Waals surface area contributed by atoms with Crippen LogP contribution in [0.25, 0.3) is 0 Å². The van der Waals surface area contributed by atoms with E-state index in [1.807, 2.05) is 6.20 Å². The Kier molecular flexibility index (Phi) is 4.36. The van der Waals surface area contributed by atoms with E-state index in [0.29, 0.717) is 0 Å². The zero-order chi connectivity index (χ0) is 10.4. The van der Waals surface area contributed by atoms with Crippen LogP contribution < -0.4 is 0 Å².